The number of methoxy groups -OCH3 is 2. The highest BCUT2D eigenvalue weighted by Gasteiger charge is 2.14. The van der Waals surface area contributed by atoms with E-state index in [0.29, 0.717) is 17.6 Å². The van der Waals surface area contributed by atoms with E-state index in [1.165, 1.54) is 0 Å². The van der Waals surface area contributed by atoms with Gasteiger partial charge in [0.1, 0.15) is 11.5 Å². The van der Waals surface area contributed by atoms with Crippen molar-refractivity contribution in [2.45, 2.75) is 27.7 Å². The molecule has 0 N–H and O–H groups in total. The molecule has 4 heteroatoms. The maximum atomic E-state index is 12.5. The van der Waals surface area contributed by atoms with E-state index in [4.69, 9.17) is 9.47 Å². The van der Waals surface area contributed by atoms with Gasteiger partial charge in [0, 0.05) is 24.7 Å². The minimum atomic E-state index is 0.0253. The smallest absolute Gasteiger partial charge is 0.246 e. The fourth-order valence-electron chi connectivity index (χ4n) is 2.37. The average Bonchev–Trinajstić information content (AvgIpc) is 2.50. The number of amides is 1. The van der Waals surface area contributed by atoms with E-state index >= 15 is 0 Å². The van der Waals surface area contributed by atoms with Crippen LogP contribution in [0.3, 0.4) is 0 Å². The molecule has 128 valence electrons. The molecular formula is C19H29NO3. The average molecular weight is 319 g/mol. The first-order valence-electron chi connectivity index (χ1n) is 8.06. The maximum absolute atomic E-state index is 12.5. The molecule has 0 aliphatic heterocycles. The van der Waals surface area contributed by atoms with Crippen LogP contribution in [0.4, 0.5) is 0 Å². The number of nitrogens with zero attached hydrogens (tertiary/aromatic N) is 1. The number of hydrogen-bond donors (Lipinski definition) is 0. The molecule has 0 unspecified atom stereocenters. The first-order valence-corrected chi connectivity index (χ1v) is 8.06. The summed E-state index contributed by atoms with van der Waals surface area (Å²) in [6.07, 6.45) is 3.40. The quantitative estimate of drug-likeness (QED) is 0.683. The van der Waals surface area contributed by atoms with Gasteiger partial charge in [0.2, 0.25) is 5.91 Å². The van der Waals surface area contributed by atoms with Gasteiger partial charge >= 0.3 is 0 Å². The lowest BCUT2D eigenvalue weighted by molar-refractivity contribution is -0.127. The number of benzene rings is 1. The van der Waals surface area contributed by atoms with Gasteiger partial charge in [0.05, 0.1) is 14.2 Å². The van der Waals surface area contributed by atoms with Crippen LogP contribution in [0.1, 0.15) is 33.3 Å². The highest BCUT2D eigenvalue weighted by molar-refractivity contribution is 5.92. The Labute approximate surface area is 140 Å². The van der Waals surface area contributed by atoms with Gasteiger partial charge in [-0.1, -0.05) is 27.7 Å². The van der Waals surface area contributed by atoms with Gasteiger partial charge in [0.15, 0.2) is 0 Å². The van der Waals surface area contributed by atoms with Gasteiger partial charge in [-0.15, -0.1) is 0 Å². The highest BCUT2D eigenvalue weighted by Crippen LogP contribution is 2.25. The van der Waals surface area contributed by atoms with Gasteiger partial charge in [0.25, 0.3) is 0 Å². The van der Waals surface area contributed by atoms with E-state index < -0.39 is 0 Å². The number of rotatable bonds is 8. The van der Waals surface area contributed by atoms with E-state index in [2.05, 4.69) is 27.7 Å². The molecule has 1 amide bonds. The third-order valence-corrected chi connectivity index (χ3v) is 3.33. The van der Waals surface area contributed by atoms with Crippen LogP contribution in [0.2, 0.25) is 0 Å². The number of ether oxygens (including phenoxy) is 2. The van der Waals surface area contributed by atoms with E-state index in [1.54, 1.807) is 26.4 Å². The van der Waals surface area contributed by atoms with Crippen LogP contribution in [0.5, 0.6) is 11.5 Å². The zero-order valence-electron chi connectivity index (χ0n) is 15.1. The molecule has 0 heterocycles. The largest absolute Gasteiger partial charge is 0.497 e. The normalized spacial score (nSPS) is 11.3. The summed E-state index contributed by atoms with van der Waals surface area (Å²) >= 11 is 0. The van der Waals surface area contributed by atoms with Crippen LogP contribution >= 0.6 is 0 Å². The van der Waals surface area contributed by atoms with Crippen LogP contribution < -0.4 is 9.47 Å². The van der Waals surface area contributed by atoms with Crippen molar-refractivity contribution in [3.63, 3.8) is 0 Å². The molecule has 1 aromatic carbocycles. The van der Waals surface area contributed by atoms with Gasteiger partial charge in [-0.2, -0.15) is 0 Å². The van der Waals surface area contributed by atoms with Crippen molar-refractivity contribution in [3.05, 3.63) is 29.8 Å². The summed E-state index contributed by atoms with van der Waals surface area (Å²) < 4.78 is 10.6. The standard InChI is InChI=1S/C19H29NO3/c1-14(2)12-20(13-15(3)4)19(21)10-7-16-11-17(22-5)8-9-18(16)23-6/h7-11,14-15H,12-13H2,1-6H3. The summed E-state index contributed by atoms with van der Waals surface area (Å²) in [6, 6.07) is 5.53. The second kappa shape index (κ2) is 9.23. The molecule has 1 rings (SSSR count). The second-order valence-electron chi connectivity index (χ2n) is 6.47. The van der Waals surface area contributed by atoms with E-state index in [0.717, 1.165) is 24.4 Å². The molecule has 0 aliphatic rings. The molecule has 23 heavy (non-hydrogen) atoms. The molecule has 0 bridgehead atoms. The number of hydrogen-bond acceptors (Lipinski definition) is 3. The monoisotopic (exact) mass is 319 g/mol. The van der Waals surface area contributed by atoms with Gasteiger partial charge in [-0.25, -0.2) is 0 Å². The Kier molecular flexibility index (Phi) is 7.66. The van der Waals surface area contributed by atoms with Crippen molar-refractivity contribution in [1.82, 2.24) is 4.90 Å². The first kappa shape index (κ1) is 19.1. The van der Waals surface area contributed by atoms with Gasteiger partial charge in [-0.05, 0) is 36.1 Å². The summed E-state index contributed by atoms with van der Waals surface area (Å²) in [7, 11) is 3.23. The minimum Gasteiger partial charge on any atom is -0.497 e. The Bertz CT molecular complexity index is 525. The molecule has 0 saturated carbocycles. The third kappa shape index (κ3) is 6.35. The SMILES string of the molecule is COc1ccc(OC)c(C=CC(=O)N(CC(C)C)CC(C)C)c1. The molecule has 0 atom stereocenters. The molecular weight excluding hydrogens is 290 g/mol. The van der Waals surface area contributed by atoms with Gasteiger partial charge < -0.3 is 14.4 Å². The van der Waals surface area contributed by atoms with Crippen LogP contribution in [0.25, 0.3) is 6.08 Å². The van der Waals surface area contributed by atoms with Crippen LogP contribution in [0, 0.1) is 11.8 Å². The van der Waals surface area contributed by atoms with Crippen molar-refractivity contribution in [2.24, 2.45) is 11.8 Å². The van der Waals surface area contributed by atoms with Crippen LogP contribution in [0.15, 0.2) is 24.3 Å². The molecule has 0 saturated heterocycles. The Balaban J connectivity index is 2.94. The summed E-state index contributed by atoms with van der Waals surface area (Å²) in [5.74, 6) is 2.36. The van der Waals surface area contributed by atoms with Crippen molar-refractivity contribution in [1.29, 1.82) is 0 Å². The minimum absolute atomic E-state index is 0.0253. The van der Waals surface area contributed by atoms with E-state index in [-0.39, 0.29) is 5.91 Å². The van der Waals surface area contributed by atoms with E-state index in [9.17, 15) is 4.79 Å². The number of carbonyl (C=O) groups is 1. The second-order valence-corrected chi connectivity index (χ2v) is 6.47. The Morgan fingerprint density at radius 3 is 2.17 bits per heavy atom. The zero-order chi connectivity index (χ0) is 17.4. The number of carbonyl (C=O) groups excluding carboxylic acids is 1. The molecule has 0 fully saturated rings. The fourth-order valence-corrected chi connectivity index (χ4v) is 2.37. The van der Waals surface area contributed by atoms with Crippen molar-refractivity contribution in [2.75, 3.05) is 27.3 Å². The maximum Gasteiger partial charge on any atom is 0.246 e. The van der Waals surface area contributed by atoms with Crippen molar-refractivity contribution < 1.29 is 14.3 Å². The Morgan fingerprint density at radius 1 is 1.09 bits per heavy atom. The molecule has 4 nitrogen and oxygen atoms in total. The molecule has 0 spiro atoms. The Hall–Kier alpha value is -1.97. The van der Waals surface area contributed by atoms with Crippen LogP contribution in [-0.2, 0) is 4.79 Å². The molecule has 1 aromatic rings. The summed E-state index contributed by atoms with van der Waals surface area (Å²) in [5, 5.41) is 0. The Morgan fingerprint density at radius 2 is 1.70 bits per heavy atom. The molecule has 0 radical (unpaired) electrons. The topological polar surface area (TPSA) is 38.8 Å². The fraction of sp³-hybridized carbons (Fsp3) is 0.526. The lowest BCUT2D eigenvalue weighted by Gasteiger charge is -2.25. The van der Waals surface area contributed by atoms with Crippen molar-refractivity contribution in [3.8, 4) is 11.5 Å². The predicted molar refractivity (Wildman–Crippen MR) is 94.8 cm³/mol. The summed E-state index contributed by atoms with van der Waals surface area (Å²) in [6.45, 7) is 10.0. The first-order chi connectivity index (χ1) is 10.9. The zero-order valence-corrected chi connectivity index (χ0v) is 15.1. The lowest BCUT2D eigenvalue weighted by Crippen LogP contribution is -2.35. The van der Waals surface area contributed by atoms with Crippen molar-refractivity contribution >= 4 is 12.0 Å². The van der Waals surface area contributed by atoms with E-state index in [1.807, 2.05) is 23.1 Å². The molecule has 0 aromatic heterocycles. The van der Waals surface area contributed by atoms with Crippen LogP contribution in [-0.4, -0.2) is 38.1 Å². The predicted octanol–water partition coefficient (Wildman–Crippen LogP) is 3.86. The molecule has 0 aliphatic carbocycles. The summed E-state index contributed by atoms with van der Waals surface area (Å²) in [5.41, 5.74) is 0.828. The summed E-state index contributed by atoms with van der Waals surface area (Å²) in [4.78, 5) is 14.4. The van der Waals surface area contributed by atoms with Gasteiger partial charge in [-0.3, -0.25) is 4.79 Å². The third-order valence-electron chi connectivity index (χ3n) is 3.33. The lowest BCUT2D eigenvalue weighted by atomic mass is 10.1. The highest BCUT2D eigenvalue weighted by atomic mass is 16.5.